The molecule has 1 saturated heterocycles. The number of hydrogen-bond acceptors (Lipinski definition) is 6. The van der Waals surface area contributed by atoms with E-state index in [0.29, 0.717) is 25.0 Å². The highest BCUT2D eigenvalue weighted by atomic mass is 16.5. The summed E-state index contributed by atoms with van der Waals surface area (Å²) in [6.45, 7) is 5.70. The van der Waals surface area contributed by atoms with Crippen molar-refractivity contribution in [3.63, 3.8) is 0 Å². The molecule has 3 atom stereocenters. The van der Waals surface area contributed by atoms with Crippen LogP contribution in [0.3, 0.4) is 0 Å². The number of amides is 4. The Kier molecular flexibility index (Phi) is 10.9. The predicted octanol–water partition coefficient (Wildman–Crippen LogP) is 2.72. The number of ether oxygens (including phenoxy) is 1. The zero-order valence-corrected chi connectivity index (χ0v) is 25.3. The van der Waals surface area contributed by atoms with Crippen molar-refractivity contribution in [2.45, 2.75) is 83.1 Å². The smallest absolute Gasteiger partial charge is 0.329 e. The first-order chi connectivity index (χ1) is 21.1. The molecule has 0 aliphatic carbocycles. The maximum Gasteiger partial charge on any atom is 0.329 e. The summed E-state index contributed by atoms with van der Waals surface area (Å²) in [4.78, 5) is 60.0. The number of hydrogen-bond donors (Lipinski definition) is 3. The summed E-state index contributed by atoms with van der Waals surface area (Å²) in [5.41, 5.74) is 9.82. The van der Waals surface area contributed by atoms with Crippen molar-refractivity contribution in [3.05, 3.63) is 82.3 Å². The fourth-order valence-corrected chi connectivity index (χ4v) is 5.56. The van der Waals surface area contributed by atoms with Gasteiger partial charge in [0.1, 0.15) is 6.04 Å². The van der Waals surface area contributed by atoms with Gasteiger partial charge in [0.25, 0.3) is 0 Å². The molecule has 2 heterocycles. The Morgan fingerprint density at radius 3 is 2.39 bits per heavy atom. The van der Waals surface area contributed by atoms with Gasteiger partial charge < -0.3 is 15.8 Å². The normalized spacial score (nSPS) is 16.4. The molecule has 234 valence electrons. The Hall–Kier alpha value is -4.51. The molecule has 4 N–H and O–H groups in total. The van der Waals surface area contributed by atoms with Crippen LogP contribution in [0, 0.1) is 0 Å². The van der Waals surface area contributed by atoms with Crippen molar-refractivity contribution in [1.29, 1.82) is 0 Å². The van der Waals surface area contributed by atoms with Crippen LogP contribution in [0.15, 0.2) is 59.9 Å². The summed E-state index contributed by atoms with van der Waals surface area (Å²) < 4.78 is 9.05. The molecule has 1 fully saturated rings. The zero-order valence-electron chi connectivity index (χ0n) is 25.3. The van der Waals surface area contributed by atoms with E-state index in [1.165, 1.54) is 16.2 Å². The van der Waals surface area contributed by atoms with E-state index >= 15 is 0 Å². The molecule has 0 radical (unpaired) electrons. The minimum absolute atomic E-state index is 0.150. The standard InChI is InChI=1S/C33H41N5O6/c1-4-30(40)35-25(14-17-29(34)39)21(2)44-20-24-11-9-22(10-12-24)7-5-6-8-23-13-15-26-28(19-23)37(3)33(43)38(26)27-16-18-31(41)36-32(27)42/h4,9-13,15,19,21,25,27H,1,5-8,14,16-18,20H2,2-3H3,(H2,34,39)(H,35,40)(H,36,41,42)/t21-,25+,27?/m1/s1. The second-order valence-corrected chi connectivity index (χ2v) is 11.4. The summed E-state index contributed by atoms with van der Waals surface area (Å²) in [5.74, 6) is -1.50. The highest BCUT2D eigenvalue weighted by molar-refractivity contribution is 6.00. The molecular formula is C33H41N5O6. The van der Waals surface area contributed by atoms with Gasteiger partial charge in [-0.05, 0) is 80.3 Å². The maximum atomic E-state index is 13.0. The topological polar surface area (TPSA) is 155 Å². The minimum Gasteiger partial charge on any atom is -0.372 e. The first-order valence-electron chi connectivity index (χ1n) is 15.0. The number of imidazole rings is 1. The summed E-state index contributed by atoms with van der Waals surface area (Å²) in [6, 6.07) is 13.1. The first-order valence-corrected chi connectivity index (χ1v) is 15.0. The SMILES string of the molecule is C=CC(=O)N[C@@H](CCC(N)=O)[C@@H](C)OCc1ccc(CCCCc2ccc3c(c2)n(C)c(=O)n3C2CCC(=O)NC2=O)cc1. The van der Waals surface area contributed by atoms with Gasteiger partial charge in [0.15, 0.2) is 0 Å². The molecule has 11 nitrogen and oxygen atoms in total. The van der Waals surface area contributed by atoms with Crippen LogP contribution in [0.2, 0.25) is 0 Å². The van der Waals surface area contributed by atoms with E-state index in [9.17, 15) is 24.0 Å². The summed E-state index contributed by atoms with van der Waals surface area (Å²) in [5, 5.41) is 5.15. The van der Waals surface area contributed by atoms with Crippen molar-refractivity contribution >= 4 is 34.7 Å². The third-order valence-corrected chi connectivity index (χ3v) is 8.17. The maximum absolute atomic E-state index is 13.0. The van der Waals surface area contributed by atoms with Crippen LogP contribution in [0.4, 0.5) is 0 Å². The van der Waals surface area contributed by atoms with Crippen molar-refractivity contribution in [2.75, 3.05) is 0 Å². The lowest BCUT2D eigenvalue weighted by Crippen LogP contribution is -2.44. The molecule has 0 bridgehead atoms. The lowest BCUT2D eigenvalue weighted by atomic mass is 10.0. The van der Waals surface area contributed by atoms with Gasteiger partial charge in [-0.15, -0.1) is 0 Å². The number of nitrogens with zero attached hydrogens (tertiary/aromatic N) is 2. The fraction of sp³-hybridized carbons (Fsp3) is 0.424. The van der Waals surface area contributed by atoms with Crippen molar-refractivity contribution in [2.24, 2.45) is 12.8 Å². The molecule has 44 heavy (non-hydrogen) atoms. The van der Waals surface area contributed by atoms with Gasteiger partial charge >= 0.3 is 5.69 Å². The molecule has 4 amide bonds. The molecule has 11 heteroatoms. The number of primary amides is 1. The first kappa shape index (κ1) is 32.4. The van der Waals surface area contributed by atoms with Crippen LogP contribution in [0.1, 0.15) is 68.2 Å². The number of aryl methyl sites for hydroxylation is 3. The lowest BCUT2D eigenvalue weighted by molar-refractivity contribution is -0.135. The van der Waals surface area contributed by atoms with Crippen LogP contribution in [-0.4, -0.2) is 44.9 Å². The Morgan fingerprint density at radius 2 is 1.73 bits per heavy atom. The Morgan fingerprint density at radius 1 is 1.07 bits per heavy atom. The van der Waals surface area contributed by atoms with Gasteiger partial charge in [-0.3, -0.25) is 33.6 Å². The van der Waals surface area contributed by atoms with E-state index in [-0.39, 0.29) is 42.5 Å². The van der Waals surface area contributed by atoms with Gasteiger partial charge in [0, 0.05) is 19.9 Å². The second kappa shape index (κ2) is 14.8. The van der Waals surface area contributed by atoms with E-state index in [4.69, 9.17) is 10.5 Å². The van der Waals surface area contributed by atoms with Crippen molar-refractivity contribution < 1.29 is 23.9 Å². The van der Waals surface area contributed by atoms with Crippen LogP contribution in [0.25, 0.3) is 11.0 Å². The Labute approximate surface area is 256 Å². The van der Waals surface area contributed by atoms with Crippen molar-refractivity contribution in [1.82, 2.24) is 19.8 Å². The number of aromatic nitrogens is 2. The van der Waals surface area contributed by atoms with Crippen LogP contribution in [0.5, 0.6) is 0 Å². The molecular weight excluding hydrogens is 562 g/mol. The number of fused-ring (bicyclic) bond motifs is 1. The van der Waals surface area contributed by atoms with Gasteiger partial charge in [-0.2, -0.15) is 0 Å². The fourth-order valence-electron chi connectivity index (χ4n) is 5.56. The summed E-state index contributed by atoms with van der Waals surface area (Å²) >= 11 is 0. The largest absolute Gasteiger partial charge is 0.372 e. The molecule has 0 spiro atoms. The average Bonchev–Trinajstić information content (AvgIpc) is 3.25. The second-order valence-electron chi connectivity index (χ2n) is 11.4. The number of benzene rings is 2. The third-order valence-electron chi connectivity index (χ3n) is 8.17. The molecule has 3 aromatic rings. The monoisotopic (exact) mass is 603 g/mol. The molecule has 1 unspecified atom stereocenters. The number of carbonyl (C=O) groups excluding carboxylic acids is 4. The number of nitrogens with one attached hydrogen (secondary N) is 2. The third kappa shape index (κ3) is 8.10. The Balaban J connectivity index is 1.27. The molecule has 2 aromatic carbocycles. The zero-order chi connectivity index (χ0) is 31.8. The van der Waals surface area contributed by atoms with Gasteiger partial charge in [0.05, 0.1) is 29.8 Å². The van der Waals surface area contributed by atoms with Crippen LogP contribution < -0.4 is 22.1 Å². The molecule has 0 saturated carbocycles. The number of piperidine rings is 1. The number of nitrogens with two attached hydrogens (primary N) is 1. The molecule has 4 rings (SSSR count). The minimum atomic E-state index is -0.689. The van der Waals surface area contributed by atoms with Gasteiger partial charge in [-0.25, -0.2) is 4.79 Å². The number of unbranched alkanes of at least 4 members (excludes halogenated alkanes) is 1. The van der Waals surface area contributed by atoms with E-state index < -0.39 is 17.9 Å². The van der Waals surface area contributed by atoms with E-state index in [1.807, 2.05) is 37.3 Å². The van der Waals surface area contributed by atoms with Crippen molar-refractivity contribution in [3.8, 4) is 0 Å². The molecule has 1 aliphatic rings. The quantitative estimate of drug-likeness (QED) is 0.138. The van der Waals surface area contributed by atoms with E-state index in [2.05, 4.69) is 29.3 Å². The van der Waals surface area contributed by atoms with E-state index in [1.54, 1.807) is 11.6 Å². The summed E-state index contributed by atoms with van der Waals surface area (Å²) in [6.07, 6.45) is 5.67. The van der Waals surface area contributed by atoms with E-state index in [0.717, 1.165) is 42.3 Å². The number of imide groups is 1. The summed E-state index contributed by atoms with van der Waals surface area (Å²) in [7, 11) is 1.70. The van der Waals surface area contributed by atoms with Crippen LogP contribution >= 0.6 is 0 Å². The van der Waals surface area contributed by atoms with Gasteiger partial charge in [0.2, 0.25) is 23.6 Å². The molecule has 1 aromatic heterocycles. The number of rotatable bonds is 15. The highest BCUT2D eigenvalue weighted by Gasteiger charge is 2.31. The average molecular weight is 604 g/mol. The van der Waals surface area contributed by atoms with Crippen LogP contribution in [-0.2, 0) is 50.4 Å². The highest BCUT2D eigenvalue weighted by Crippen LogP contribution is 2.24. The Bertz CT molecular complexity index is 1590. The molecule has 1 aliphatic heterocycles. The number of carbonyl (C=O) groups is 4. The lowest BCUT2D eigenvalue weighted by Gasteiger charge is -2.24. The van der Waals surface area contributed by atoms with Gasteiger partial charge in [-0.1, -0.05) is 36.9 Å². The predicted molar refractivity (Wildman–Crippen MR) is 166 cm³/mol.